The van der Waals surface area contributed by atoms with Gasteiger partial charge in [0, 0.05) is 5.56 Å². The maximum Gasteiger partial charge on any atom is 0.339 e. The van der Waals surface area contributed by atoms with Crippen LogP contribution in [0, 0.1) is 17.0 Å². The van der Waals surface area contributed by atoms with Crippen molar-refractivity contribution in [2.75, 3.05) is 0 Å². The molecule has 0 aliphatic heterocycles. The second-order valence-corrected chi connectivity index (χ2v) is 4.23. The summed E-state index contributed by atoms with van der Waals surface area (Å²) >= 11 is 0. The summed E-state index contributed by atoms with van der Waals surface area (Å²) in [5, 5.41) is 16.7. The van der Waals surface area contributed by atoms with Crippen LogP contribution in [0.1, 0.15) is 5.69 Å². The van der Waals surface area contributed by atoms with Gasteiger partial charge in [-0.1, -0.05) is 47.6 Å². The average Bonchev–Trinajstić information content (AvgIpc) is 2.80. The normalized spacial score (nSPS) is 10.8. The van der Waals surface area contributed by atoms with Crippen LogP contribution in [0.4, 0.5) is 5.69 Å². The van der Waals surface area contributed by atoms with Gasteiger partial charge in [-0.25, -0.2) is 0 Å². The van der Waals surface area contributed by atoms with Gasteiger partial charge in [0.2, 0.25) is 5.76 Å². The highest BCUT2D eigenvalue weighted by atomic mass is 16.6. The number of nitrogens with zero attached hydrogens (tertiary/aromatic N) is 2. The Morgan fingerprint density at radius 1 is 1.16 bits per heavy atom. The van der Waals surface area contributed by atoms with Crippen LogP contribution in [-0.2, 0) is 0 Å². The smallest absolute Gasteiger partial charge is 0.339 e. The van der Waals surface area contributed by atoms with E-state index in [1.165, 1.54) is 0 Å². The molecule has 5 heteroatoms. The van der Waals surface area contributed by atoms with Crippen LogP contribution >= 0.6 is 0 Å². The first-order chi connectivity index (χ1) is 9.18. The fourth-order valence-corrected chi connectivity index (χ4v) is 2.18. The summed E-state index contributed by atoms with van der Waals surface area (Å²) in [5.74, 6) is 0.208. The van der Waals surface area contributed by atoms with E-state index in [-0.39, 0.29) is 17.1 Å². The molecule has 0 aliphatic carbocycles. The Balaban J connectivity index is 2.34. The van der Waals surface area contributed by atoms with Gasteiger partial charge in [0.1, 0.15) is 0 Å². The van der Waals surface area contributed by atoms with Gasteiger partial charge in [0.25, 0.3) is 0 Å². The van der Waals surface area contributed by atoms with Gasteiger partial charge in [-0.05, 0) is 17.7 Å². The largest absolute Gasteiger partial charge is 0.348 e. The Hall–Kier alpha value is -2.69. The van der Waals surface area contributed by atoms with E-state index in [1.807, 2.05) is 36.4 Å². The maximum absolute atomic E-state index is 11.1. The number of aromatic nitrogens is 1. The highest BCUT2D eigenvalue weighted by Gasteiger charge is 2.26. The number of rotatable bonds is 2. The molecule has 5 nitrogen and oxygen atoms in total. The number of hydrogen-bond acceptors (Lipinski definition) is 4. The van der Waals surface area contributed by atoms with Crippen molar-refractivity contribution in [1.82, 2.24) is 5.16 Å². The number of hydrogen-bond donors (Lipinski definition) is 0. The van der Waals surface area contributed by atoms with Crippen molar-refractivity contribution in [3.8, 4) is 11.3 Å². The highest BCUT2D eigenvalue weighted by Crippen LogP contribution is 2.36. The van der Waals surface area contributed by atoms with Crippen LogP contribution in [-0.4, -0.2) is 10.1 Å². The summed E-state index contributed by atoms with van der Waals surface area (Å²) in [6, 6.07) is 13.3. The topological polar surface area (TPSA) is 69.2 Å². The second-order valence-electron chi connectivity index (χ2n) is 4.23. The lowest BCUT2D eigenvalue weighted by atomic mass is 10.0. The summed E-state index contributed by atoms with van der Waals surface area (Å²) in [7, 11) is 0. The van der Waals surface area contributed by atoms with E-state index in [9.17, 15) is 10.1 Å². The lowest BCUT2D eigenvalue weighted by Gasteiger charge is -2.02. The minimum atomic E-state index is -0.455. The van der Waals surface area contributed by atoms with E-state index in [0.717, 1.165) is 10.8 Å². The molecule has 0 aliphatic rings. The molecule has 3 rings (SSSR count). The number of benzene rings is 2. The molecule has 0 unspecified atom stereocenters. The minimum absolute atomic E-state index is 0.0728. The third kappa shape index (κ3) is 1.76. The molecule has 0 saturated heterocycles. The quantitative estimate of drug-likeness (QED) is 0.516. The second kappa shape index (κ2) is 4.20. The van der Waals surface area contributed by atoms with Crippen LogP contribution in [0.2, 0.25) is 0 Å². The molecule has 0 bridgehead atoms. The van der Waals surface area contributed by atoms with E-state index in [2.05, 4.69) is 5.16 Å². The summed E-state index contributed by atoms with van der Waals surface area (Å²) in [6.45, 7) is 1.57. The first-order valence-electron chi connectivity index (χ1n) is 5.77. The van der Waals surface area contributed by atoms with E-state index >= 15 is 0 Å². The van der Waals surface area contributed by atoms with Crippen molar-refractivity contribution in [1.29, 1.82) is 0 Å². The molecule has 0 spiro atoms. The fraction of sp³-hybridized carbons (Fsp3) is 0.0714. The van der Waals surface area contributed by atoms with Crippen molar-refractivity contribution in [2.24, 2.45) is 0 Å². The molecular formula is C14H10N2O3. The van der Waals surface area contributed by atoms with Gasteiger partial charge >= 0.3 is 5.69 Å². The third-order valence-corrected chi connectivity index (χ3v) is 3.05. The molecule has 1 aromatic heterocycles. The molecule has 3 aromatic rings. The summed E-state index contributed by atoms with van der Waals surface area (Å²) in [5.41, 5.74) is 0.898. The summed E-state index contributed by atoms with van der Waals surface area (Å²) in [6.07, 6.45) is 0. The third-order valence-electron chi connectivity index (χ3n) is 3.05. The highest BCUT2D eigenvalue weighted by molar-refractivity contribution is 5.97. The molecule has 1 heterocycles. The molecule has 19 heavy (non-hydrogen) atoms. The van der Waals surface area contributed by atoms with Gasteiger partial charge in [-0.3, -0.25) is 10.1 Å². The minimum Gasteiger partial charge on any atom is -0.348 e. The van der Waals surface area contributed by atoms with Crippen LogP contribution in [0.3, 0.4) is 0 Å². The molecule has 0 atom stereocenters. The molecular weight excluding hydrogens is 244 g/mol. The van der Waals surface area contributed by atoms with Gasteiger partial charge in [0.15, 0.2) is 5.69 Å². The number of fused-ring (bicyclic) bond motifs is 1. The van der Waals surface area contributed by atoms with Crippen molar-refractivity contribution in [3.63, 3.8) is 0 Å². The maximum atomic E-state index is 11.1. The average molecular weight is 254 g/mol. The monoisotopic (exact) mass is 254 g/mol. The van der Waals surface area contributed by atoms with Crippen LogP contribution in [0.15, 0.2) is 47.0 Å². The predicted molar refractivity (Wildman–Crippen MR) is 70.8 cm³/mol. The Morgan fingerprint density at radius 3 is 2.68 bits per heavy atom. The molecule has 0 fully saturated rings. The van der Waals surface area contributed by atoms with E-state index < -0.39 is 4.92 Å². The van der Waals surface area contributed by atoms with Crippen LogP contribution < -0.4 is 0 Å². The first-order valence-corrected chi connectivity index (χ1v) is 5.77. The molecule has 0 N–H and O–H groups in total. The SMILES string of the molecule is Cc1noc(-c2cccc3ccccc23)c1[N+](=O)[O-]. The lowest BCUT2D eigenvalue weighted by molar-refractivity contribution is -0.385. The van der Waals surface area contributed by atoms with Crippen LogP contribution in [0.25, 0.3) is 22.1 Å². The van der Waals surface area contributed by atoms with Crippen molar-refractivity contribution < 1.29 is 9.45 Å². The van der Waals surface area contributed by atoms with Crippen molar-refractivity contribution in [3.05, 3.63) is 58.3 Å². The molecule has 0 radical (unpaired) electrons. The van der Waals surface area contributed by atoms with Gasteiger partial charge in [0.05, 0.1) is 4.92 Å². The van der Waals surface area contributed by atoms with E-state index in [1.54, 1.807) is 13.0 Å². The van der Waals surface area contributed by atoms with E-state index in [0.29, 0.717) is 5.56 Å². The van der Waals surface area contributed by atoms with Gasteiger partial charge in [-0.15, -0.1) is 0 Å². The predicted octanol–water partition coefficient (Wildman–Crippen LogP) is 3.71. The molecule has 0 saturated carbocycles. The first kappa shape index (κ1) is 11.4. The Labute approximate surface area is 108 Å². The van der Waals surface area contributed by atoms with Gasteiger partial charge in [-0.2, -0.15) is 0 Å². The van der Waals surface area contributed by atoms with Crippen molar-refractivity contribution >= 4 is 16.5 Å². The zero-order valence-electron chi connectivity index (χ0n) is 10.2. The van der Waals surface area contributed by atoms with Crippen molar-refractivity contribution in [2.45, 2.75) is 6.92 Å². The Bertz CT molecular complexity index is 772. The fourth-order valence-electron chi connectivity index (χ4n) is 2.18. The Kier molecular flexibility index (Phi) is 2.52. The number of aryl methyl sites for hydroxylation is 1. The summed E-state index contributed by atoms with van der Waals surface area (Å²) < 4.78 is 5.16. The molecule has 94 valence electrons. The lowest BCUT2D eigenvalue weighted by Crippen LogP contribution is -1.91. The zero-order valence-corrected chi connectivity index (χ0v) is 10.2. The van der Waals surface area contributed by atoms with E-state index in [4.69, 9.17) is 4.52 Å². The number of nitro groups is 1. The molecule has 2 aromatic carbocycles. The molecule has 0 amide bonds. The standard InChI is InChI=1S/C14H10N2O3/c1-9-13(16(17)18)14(19-15-9)12-8-4-6-10-5-2-3-7-11(10)12/h2-8H,1H3. The zero-order chi connectivity index (χ0) is 13.4. The summed E-state index contributed by atoms with van der Waals surface area (Å²) in [4.78, 5) is 10.7. The Morgan fingerprint density at radius 2 is 1.89 bits per heavy atom. The van der Waals surface area contributed by atoms with Crippen LogP contribution in [0.5, 0.6) is 0 Å². The van der Waals surface area contributed by atoms with Gasteiger partial charge < -0.3 is 4.52 Å².